The van der Waals surface area contributed by atoms with E-state index >= 15 is 0 Å². The number of quaternary nitrogens is 1. The smallest absolute Gasteiger partial charge is 0.0414 e. The molecule has 20 heavy (non-hydrogen) atoms. The zero-order chi connectivity index (χ0) is 14.6. The van der Waals surface area contributed by atoms with E-state index in [2.05, 4.69) is 20.8 Å². The molecular weight excluding hydrogens is 250 g/mol. The van der Waals surface area contributed by atoms with Gasteiger partial charge in [0.15, 0.2) is 0 Å². The number of unbranched alkanes of at least 4 members (excludes halogenated alkanes) is 6. The van der Waals surface area contributed by atoms with E-state index < -0.39 is 5.97 Å². The van der Waals surface area contributed by atoms with E-state index in [1.54, 1.807) is 0 Å². The first-order valence-corrected chi connectivity index (χ1v) is 8.30. The summed E-state index contributed by atoms with van der Waals surface area (Å²) in [5, 5.41) is 10.2. The highest BCUT2D eigenvalue weighted by atomic mass is 16.4. The van der Waals surface area contributed by atoms with E-state index in [9.17, 15) is 9.90 Å². The lowest BCUT2D eigenvalue weighted by Gasteiger charge is -2.30. The third-order valence-electron chi connectivity index (χ3n) is 4.84. The lowest BCUT2D eigenvalue weighted by Crippen LogP contribution is -2.21. The summed E-state index contributed by atoms with van der Waals surface area (Å²) in [7, 11) is 0. The van der Waals surface area contributed by atoms with Gasteiger partial charge in [-0.05, 0) is 24.7 Å². The molecule has 0 unspecified atom stereocenters. The molecule has 0 atom stereocenters. The maximum Gasteiger partial charge on any atom is 0.0414 e. The van der Waals surface area contributed by atoms with Crippen molar-refractivity contribution < 1.29 is 9.90 Å². The molecule has 0 aliphatic carbocycles. The van der Waals surface area contributed by atoms with Crippen molar-refractivity contribution in [2.75, 3.05) is 0 Å². The first kappa shape index (κ1) is 21.7. The molecule has 0 saturated carbocycles. The highest BCUT2D eigenvalue weighted by molar-refractivity contribution is 5.63. The summed E-state index contributed by atoms with van der Waals surface area (Å²) >= 11 is 0. The fraction of sp³-hybridized carbons (Fsp3) is 0.941. The molecule has 0 radical (unpaired) electrons. The number of carboxylic acid groups (broad SMARTS) is 1. The number of hydrogen-bond donors (Lipinski definition) is 1. The standard InChI is InChI=1S/C17H34O2.H3N/c1-4-17(5-2,6-3)15-13-11-9-7-8-10-12-14-16(18)19;/h4-15H2,1-3H3,(H,18,19);1H3. The van der Waals surface area contributed by atoms with E-state index in [1.807, 2.05) is 0 Å². The lowest BCUT2D eigenvalue weighted by atomic mass is 9.75. The van der Waals surface area contributed by atoms with Gasteiger partial charge in [0.1, 0.15) is 0 Å². The fourth-order valence-corrected chi connectivity index (χ4v) is 2.93. The molecule has 0 heterocycles. The molecule has 0 aliphatic rings. The molecule has 0 amide bonds. The molecule has 0 aromatic heterocycles. The van der Waals surface area contributed by atoms with Gasteiger partial charge in [-0.15, -0.1) is 0 Å². The van der Waals surface area contributed by atoms with Crippen molar-refractivity contribution in [1.29, 1.82) is 0 Å². The highest BCUT2D eigenvalue weighted by Crippen LogP contribution is 2.36. The topological polar surface area (TPSA) is 76.6 Å². The zero-order valence-corrected chi connectivity index (χ0v) is 14.3. The van der Waals surface area contributed by atoms with Crippen LogP contribution in [0.3, 0.4) is 0 Å². The van der Waals surface area contributed by atoms with Crippen LogP contribution < -0.4 is 11.3 Å². The van der Waals surface area contributed by atoms with Crippen molar-refractivity contribution in [1.82, 2.24) is 6.15 Å². The van der Waals surface area contributed by atoms with Gasteiger partial charge in [-0.2, -0.15) is 0 Å². The Balaban J connectivity index is 0. The lowest BCUT2D eigenvalue weighted by molar-refractivity contribution is -0.305. The first-order chi connectivity index (χ1) is 9.10. The Morgan fingerprint density at radius 3 is 1.60 bits per heavy atom. The van der Waals surface area contributed by atoms with Crippen LogP contribution in [0.1, 0.15) is 97.8 Å². The third-order valence-corrected chi connectivity index (χ3v) is 4.84. The first-order valence-electron chi connectivity index (χ1n) is 8.30. The SMILES string of the molecule is CCC(CC)(CC)CCCCCCCCCC(=O)[O-].[NH4+]. The van der Waals surface area contributed by atoms with Gasteiger partial charge in [0.05, 0.1) is 0 Å². The quantitative estimate of drug-likeness (QED) is 0.492. The largest absolute Gasteiger partial charge is 0.550 e. The second kappa shape index (κ2) is 13.4. The normalized spacial score (nSPS) is 11.2. The molecule has 122 valence electrons. The van der Waals surface area contributed by atoms with Gasteiger partial charge < -0.3 is 16.1 Å². The predicted molar refractivity (Wildman–Crippen MR) is 85.9 cm³/mol. The van der Waals surface area contributed by atoms with Crippen LogP contribution in [0.4, 0.5) is 0 Å². The molecule has 0 aromatic carbocycles. The Kier molecular flexibility index (Phi) is 14.6. The molecule has 0 spiro atoms. The summed E-state index contributed by atoms with van der Waals surface area (Å²) in [6.45, 7) is 6.97. The van der Waals surface area contributed by atoms with Crippen LogP contribution in [0.15, 0.2) is 0 Å². The Morgan fingerprint density at radius 2 is 1.20 bits per heavy atom. The van der Waals surface area contributed by atoms with Crippen LogP contribution in [0.2, 0.25) is 0 Å². The highest BCUT2D eigenvalue weighted by Gasteiger charge is 2.22. The zero-order valence-electron chi connectivity index (χ0n) is 14.3. The number of aliphatic carboxylic acids is 1. The minimum absolute atomic E-state index is 0. The molecule has 0 saturated heterocycles. The number of carboxylic acids is 1. The molecule has 3 heteroatoms. The fourth-order valence-electron chi connectivity index (χ4n) is 2.93. The van der Waals surface area contributed by atoms with Crippen molar-refractivity contribution in [2.45, 2.75) is 97.8 Å². The van der Waals surface area contributed by atoms with Crippen LogP contribution >= 0.6 is 0 Å². The minimum atomic E-state index is -0.907. The van der Waals surface area contributed by atoms with Gasteiger partial charge in [0.2, 0.25) is 0 Å². The van der Waals surface area contributed by atoms with E-state index in [0.29, 0.717) is 5.41 Å². The predicted octanol–water partition coefficient (Wildman–Crippen LogP) is 4.84. The Morgan fingerprint density at radius 1 is 0.800 bits per heavy atom. The average Bonchev–Trinajstić information content (AvgIpc) is 2.41. The van der Waals surface area contributed by atoms with Crippen molar-refractivity contribution in [3.63, 3.8) is 0 Å². The van der Waals surface area contributed by atoms with E-state index in [1.165, 1.54) is 57.8 Å². The third kappa shape index (κ3) is 10.2. The van der Waals surface area contributed by atoms with Gasteiger partial charge >= 0.3 is 0 Å². The van der Waals surface area contributed by atoms with Gasteiger partial charge in [-0.25, -0.2) is 0 Å². The molecule has 0 bridgehead atoms. The van der Waals surface area contributed by atoms with Crippen LogP contribution in [0, 0.1) is 5.41 Å². The van der Waals surface area contributed by atoms with Crippen LogP contribution in [-0.4, -0.2) is 5.97 Å². The van der Waals surface area contributed by atoms with Gasteiger partial charge in [-0.1, -0.05) is 78.6 Å². The minimum Gasteiger partial charge on any atom is -0.550 e. The summed E-state index contributed by atoms with van der Waals surface area (Å²) in [6.07, 6.45) is 13.8. The van der Waals surface area contributed by atoms with Gasteiger partial charge in [-0.3, -0.25) is 0 Å². The van der Waals surface area contributed by atoms with Gasteiger partial charge in [0.25, 0.3) is 0 Å². The van der Waals surface area contributed by atoms with Crippen LogP contribution in [0.25, 0.3) is 0 Å². The monoisotopic (exact) mass is 287 g/mol. The Bertz CT molecular complexity index is 217. The second-order valence-corrected chi connectivity index (χ2v) is 5.91. The van der Waals surface area contributed by atoms with Gasteiger partial charge in [0, 0.05) is 5.97 Å². The molecule has 4 N–H and O–H groups in total. The summed E-state index contributed by atoms with van der Waals surface area (Å²) in [4.78, 5) is 10.2. The van der Waals surface area contributed by atoms with E-state index in [4.69, 9.17) is 0 Å². The molecule has 0 rings (SSSR count). The summed E-state index contributed by atoms with van der Waals surface area (Å²) in [5.41, 5.74) is 0.592. The summed E-state index contributed by atoms with van der Waals surface area (Å²) in [5.74, 6) is -0.907. The van der Waals surface area contributed by atoms with Crippen molar-refractivity contribution in [3.8, 4) is 0 Å². The van der Waals surface area contributed by atoms with E-state index in [-0.39, 0.29) is 12.6 Å². The van der Waals surface area contributed by atoms with Crippen molar-refractivity contribution in [2.24, 2.45) is 5.41 Å². The average molecular weight is 287 g/mol. The summed E-state index contributed by atoms with van der Waals surface area (Å²) < 4.78 is 0. The Labute approximate surface area is 126 Å². The molecule has 0 aromatic rings. The number of hydrogen-bond acceptors (Lipinski definition) is 2. The maximum absolute atomic E-state index is 10.2. The number of carbonyl (C=O) groups is 1. The maximum atomic E-state index is 10.2. The second-order valence-electron chi connectivity index (χ2n) is 5.91. The number of carbonyl (C=O) groups excluding carboxylic acids is 1. The van der Waals surface area contributed by atoms with Crippen molar-refractivity contribution in [3.05, 3.63) is 0 Å². The molecule has 0 aliphatic heterocycles. The molecular formula is C17H37NO2. The molecule has 0 fully saturated rings. The Hall–Kier alpha value is -0.570. The number of rotatable bonds is 13. The van der Waals surface area contributed by atoms with E-state index in [0.717, 1.165) is 12.8 Å². The molecule has 3 nitrogen and oxygen atoms in total. The van der Waals surface area contributed by atoms with Crippen molar-refractivity contribution >= 4 is 5.97 Å². The summed E-state index contributed by atoms with van der Waals surface area (Å²) in [6, 6.07) is 0. The van der Waals surface area contributed by atoms with Crippen LogP contribution in [-0.2, 0) is 4.79 Å². The van der Waals surface area contributed by atoms with Crippen LogP contribution in [0.5, 0.6) is 0 Å².